The van der Waals surface area contributed by atoms with Crippen molar-refractivity contribution < 1.29 is 9.53 Å². The van der Waals surface area contributed by atoms with Crippen molar-refractivity contribution in [3.05, 3.63) is 51.8 Å². The molecule has 0 bridgehead atoms. The Morgan fingerprint density at radius 1 is 1.28 bits per heavy atom. The molecule has 0 saturated heterocycles. The first-order chi connectivity index (χ1) is 8.56. The quantitative estimate of drug-likeness (QED) is 0.793. The van der Waals surface area contributed by atoms with Crippen LogP contribution < -0.4 is 0 Å². The number of nitrogens with zero attached hydrogens (tertiary/aromatic N) is 1. The average molecular weight is 308 g/mol. The van der Waals surface area contributed by atoms with Crippen molar-refractivity contribution in [1.82, 2.24) is 4.57 Å². The van der Waals surface area contributed by atoms with Gasteiger partial charge in [-0.25, -0.2) is 4.79 Å². The fraction of sp³-hybridized carbons (Fsp3) is 0.214. The lowest BCUT2D eigenvalue weighted by Gasteiger charge is -2.11. The second-order valence-electron chi connectivity index (χ2n) is 4.06. The van der Waals surface area contributed by atoms with Gasteiger partial charge < -0.3 is 9.30 Å². The van der Waals surface area contributed by atoms with Crippen LogP contribution in [0.5, 0.6) is 0 Å². The number of ether oxygens (including phenoxy) is 1. The van der Waals surface area contributed by atoms with E-state index in [1.807, 2.05) is 48.7 Å². The predicted octanol–water partition coefficient (Wildman–Crippen LogP) is 3.64. The summed E-state index contributed by atoms with van der Waals surface area (Å²) in [5.41, 5.74) is 3.50. The predicted molar refractivity (Wildman–Crippen MR) is 74.3 cm³/mol. The zero-order valence-corrected chi connectivity index (χ0v) is 12.1. The van der Waals surface area contributed by atoms with Crippen LogP contribution in [0.1, 0.15) is 21.7 Å². The molecule has 1 heterocycles. The zero-order chi connectivity index (χ0) is 13.3. The first-order valence-electron chi connectivity index (χ1n) is 5.58. The summed E-state index contributed by atoms with van der Waals surface area (Å²) < 4.78 is 7.81. The van der Waals surface area contributed by atoms with E-state index in [9.17, 15) is 4.79 Å². The van der Waals surface area contributed by atoms with E-state index in [2.05, 4.69) is 15.9 Å². The van der Waals surface area contributed by atoms with E-state index in [0.717, 1.165) is 21.5 Å². The number of esters is 1. The number of carbonyl (C=O) groups excluding carboxylic acids is 1. The SMILES string of the molecule is COC(=O)c1cc(C)n(-c2ccccc2Br)c1C. The molecular formula is C14H14BrNO2. The smallest absolute Gasteiger partial charge is 0.339 e. The highest BCUT2D eigenvalue weighted by Crippen LogP contribution is 2.26. The van der Waals surface area contributed by atoms with E-state index in [1.165, 1.54) is 7.11 Å². The normalized spacial score (nSPS) is 10.4. The van der Waals surface area contributed by atoms with Crippen LogP contribution in [0.25, 0.3) is 5.69 Å². The van der Waals surface area contributed by atoms with Gasteiger partial charge in [-0.3, -0.25) is 0 Å². The zero-order valence-electron chi connectivity index (χ0n) is 10.5. The molecule has 18 heavy (non-hydrogen) atoms. The first-order valence-corrected chi connectivity index (χ1v) is 6.37. The molecule has 2 rings (SSSR count). The van der Waals surface area contributed by atoms with Crippen molar-refractivity contribution in [1.29, 1.82) is 0 Å². The maximum atomic E-state index is 11.7. The number of aryl methyl sites for hydroxylation is 1. The molecule has 1 aromatic heterocycles. The molecule has 0 aliphatic rings. The highest BCUT2D eigenvalue weighted by Gasteiger charge is 2.17. The van der Waals surface area contributed by atoms with Crippen molar-refractivity contribution in [3.8, 4) is 5.69 Å². The molecule has 0 saturated carbocycles. The lowest BCUT2D eigenvalue weighted by molar-refractivity contribution is 0.0600. The van der Waals surface area contributed by atoms with Gasteiger partial charge in [0.1, 0.15) is 0 Å². The van der Waals surface area contributed by atoms with Gasteiger partial charge in [-0.2, -0.15) is 0 Å². The van der Waals surface area contributed by atoms with Crippen LogP contribution >= 0.6 is 15.9 Å². The summed E-state index contributed by atoms with van der Waals surface area (Å²) in [5.74, 6) is -0.304. The summed E-state index contributed by atoms with van der Waals surface area (Å²) in [4.78, 5) is 11.7. The molecule has 1 aromatic carbocycles. The van der Waals surface area contributed by atoms with E-state index in [1.54, 1.807) is 0 Å². The van der Waals surface area contributed by atoms with E-state index in [-0.39, 0.29) is 5.97 Å². The van der Waals surface area contributed by atoms with Gasteiger partial charge in [-0.15, -0.1) is 0 Å². The molecule has 4 heteroatoms. The van der Waals surface area contributed by atoms with Crippen LogP contribution in [-0.2, 0) is 4.74 Å². The maximum Gasteiger partial charge on any atom is 0.339 e. The summed E-state index contributed by atoms with van der Waals surface area (Å²) in [7, 11) is 1.40. The van der Waals surface area contributed by atoms with Gasteiger partial charge in [0.05, 0.1) is 18.4 Å². The molecule has 3 nitrogen and oxygen atoms in total. The average Bonchev–Trinajstić information content (AvgIpc) is 2.65. The minimum atomic E-state index is -0.304. The van der Waals surface area contributed by atoms with Crippen molar-refractivity contribution in [3.63, 3.8) is 0 Å². The summed E-state index contributed by atoms with van der Waals surface area (Å²) in [6, 6.07) is 9.76. The number of methoxy groups -OCH3 is 1. The van der Waals surface area contributed by atoms with Crippen LogP contribution in [0, 0.1) is 13.8 Å². The number of rotatable bonds is 2. The van der Waals surface area contributed by atoms with E-state index in [4.69, 9.17) is 4.74 Å². The third-order valence-corrected chi connectivity index (χ3v) is 3.60. The largest absolute Gasteiger partial charge is 0.465 e. The molecule has 0 fully saturated rings. The van der Waals surface area contributed by atoms with Gasteiger partial charge in [0.25, 0.3) is 0 Å². The highest BCUT2D eigenvalue weighted by atomic mass is 79.9. The Labute approximate surface area is 115 Å². The van der Waals surface area contributed by atoms with Gasteiger partial charge in [0.2, 0.25) is 0 Å². The summed E-state index contributed by atoms with van der Waals surface area (Å²) in [6.07, 6.45) is 0. The third-order valence-electron chi connectivity index (χ3n) is 2.93. The second-order valence-corrected chi connectivity index (χ2v) is 4.92. The Morgan fingerprint density at radius 2 is 1.94 bits per heavy atom. The molecule has 0 radical (unpaired) electrons. The van der Waals surface area contributed by atoms with Crippen molar-refractivity contribution in [2.75, 3.05) is 7.11 Å². The van der Waals surface area contributed by atoms with Crippen LogP contribution in [0.2, 0.25) is 0 Å². The fourth-order valence-corrected chi connectivity index (χ4v) is 2.55. The number of hydrogen-bond acceptors (Lipinski definition) is 2. The van der Waals surface area contributed by atoms with Crippen LogP contribution in [0.4, 0.5) is 0 Å². The number of halogens is 1. The molecule has 0 amide bonds. The topological polar surface area (TPSA) is 31.2 Å². The van der Waals surface area contributed by atoms with Crippen LogP contribution in [-0.4, -0.2) is 17.6 Å². The Hall–Kier alpha value is -1.55. The maximum absolute atomic E-state index is 11.7. The summed E-state index contributed by atoms with van der Waals surface area (Å²) in [5, 5.41) is 0. The molecule has 94 valence electrons. The Bertz CT molecular complexity index is 602. The lowest BCUT2D eigenvalue weighted by Crippen LogP contribution is -2.05. The lowest BCUT2D eigenvalue weighted by atomic mass is 10.2. The monoisotopic (exact) mass is 307 g/mol. The highest BCUT2D eigenvalue weighted by molar-refractivity contribution is 9.10. The fourth-order valence-electron chi connectivity index (χ4n) is 2.08. The van der Waals surface area contributed by atoms with Crippen molar-refractivity contribution >= 4 is 21.9 Å². The molecular weight excluding hydrogens is 294 g/mol. The van der Waals surface area contributed by atoms with Crippen LogP contribution in [0.15, 0.2) is 34.8 Å². The van der Waals surface area contributed by atoms with Gasteiger partial charge in [-0.1, -0.05) is 12.1 Å². The Balaban J connectivity index is 2.63. The Morgan fingerprint density at radius 3 is 2.56 bits per heavy atom. The van der Waals surface area contributed by atoms with Gasteiger partial charge in [0.15, 0.2) is 0 Å². The minimum Gasteiger partial charge on any atom is -0.465 e. The van der Waals surface area contributed by atoms with Crippen molar-refractivity contribution in [2.24, 2.45) is 0 Å². The standard InChI is InChI=1S/C14H14BrNO2/c1-9-8-11(14(17)18-3)10(2)16(9)13-7-5-4-6-12(13)15/h4-8H,1-3H3. The second kappa shape index (κ2) is 4.98. The van der Waals surface area contributed by atoms with Gasteiger partial charge in [0, 0.05) is 15.9 Å². The molecule has 0 atom stereocenters. The van der Waals surface area contributed by atoms with E-state index < -0.39 is 0 Å². The molecule has 0 aliphatic heterocycles. The number of carbonyl (C=O) groups is 1. The minimum absolute atomic E-state index is 0.304. The summed E-state index contributed by atoms with van der Waals surface area (Å²) >= 11 is 3.53. The summed E-state index contributed by atoms with van der Waals surface area (Å²) in [6.45, 7) is 3.89. The Kier molecular flexibility index (Phi) is 3.57. The molecule has 0 aliphatic carbocycles. The first kappa shape index (κ1) is 12.9. The number of hydrogen-bond donors (Lipinski definition) is 0. The van der Waals surface area contributed by atoms with Crippen LogP contribution in [0.3, 0.4) is 0 Å². The van der Waals surface area contributed by atoms with Gasteiger partial charge in [-0.05, 0) is 48.0 Å². The molecule has 0 unspecified atom stereocenters. The molecule has 0 spiro atoms. The third kappa shape index (κ3) is 2.08. The van der Waals surface area contributed by atoms with E-state index in [0.29, 0.717) is 5.56 Å². The number of aromatic nitrogens is 1. The van der Waals surface area contributed by atoms with E-state index >= 15 is 0 Å². The van der Waals surface area contributed by atoms with Gasteiger partial charge >= 0.3 is 5.97 Å². The van der Waals surface area contributed by atoms with Crippen molar-refractivity contribution in [2.45, 2.75) is 13.8 Å². The molecule has 0 N–H and O–H groups in total. The number of para-hydroxylation sites is 1. The number of benzene rings is 1. The molecule has 2 aromatic rings.